The van der Waals surface area contributed by atoms with Crippen LogP contribution in [0.2, 0.25) is 0 Å². The quantitative estimate of drug-likeness (QED) is 0.216. The highest BCUT2D eigenvalue weighted by Gasteiger charge is 2.33. The molecule has 0 spiro atoms. The summed E-state index contributed by atoms with van der Waals surface area (Å²) in [5, 5.41) is 0. The molecule has 0 radical (unpaired) electrons. The Labute approximate surface area is 175 Å². The van der Waals surface area contributed by atoms with Gasteiger partial charge in [0.25, 0.3) is 0 Å². The largest absolute Gasteiger partial charge is 0.426 e. The Hall–Kier alpha value is -0.620. The second kappa shape index (κ2) is 12.8. The number of carbonyl (C=O) groups excluding carboxylic acids is 1. The fourth-order valence-electron chi connectivity index (χ4n) is 2.58. The summed E-state index contributed by atoms with van der Waals surface area (Å²) in [4.78, 5) is 12.9. The van der Waals surface area contributed by atoms with Crippen molar-refractivity contribution >= 4 is 40.2 Å². The van der Waals surface area contributed by atoms with Crippen LogP contribution in [0.15, 0.2) is 30.3 Å². The van der Waals surface area contributed by atoms with Gasteiger partial charge in [0.1, 0.15) is 5.75 Å². The van der Waals surface area contributed by atoms with Crippen LogP contribution in [-0.2, 0) is 15.8 Å². The average molecular weight is 436 g/mol. The zero-order valence-electron chi connectivity index (χ0n) is 16.4. The summed E-state index contributed by atoms with van der Waals surface area (Å²) < 4.78 is 21.0. The lowest BCUT2D eigenvalue weighted by atomic mass is 9.91. The monoisotopic (exact) mass is 435 g/mol. The fourth-order valence-corrected chi connectivity index (χ4v) is 3.83. The predicted octanol–water partition coefficient (Wildman–Crippen LogP) is 5.06. The number of hydrogen-bond acceptors (Lipinski definition) is 3. The van der Waals surface area contributed by atoms with Crippen molar-refractivity contribution in [2.24, 2.45) is 5.92 Å². The molecule has 0 aliphatic rings. The van der Waals surface area contributed by atoms with Crippen LogP contribution in [0.3, 0.4) is 0 Å². The van der Waals surface area contributed by atoms with Crippen molar-refractivity contribution in [2.75, 3.05) is 11.8 Å². The molecule has 0 saturated carbocycles. The van der Waals surface area contributed by atoms with Gasteiger partial charge in [-0.3, -0.25) is 4.79 Å². The molecular weight excluding hydrogens is 405 g/mol. The van der Waals surface area contributed by atoms with Gasteiger partial charge < -0.3 is 4.74 Å². The smallest absolute Gasteiger partial charge is 0.315 e. The maximum absolute atomic E-state index is 12.9. The van der Waals surface area contributed by atoms with Crippen LogP contribution in [0.1, 0.15) is 52.9 Å². The second-order valence-corrected chi connectivity index (χ2v) is 10.2. The number of rotatable bonds is 12. The predicted molar refractivity (Wildman–Crippen MR) is 115 cm³/mol. The third kappa shape index (κ3) is 9.42. The van der Waals surface area contributed by atoms with Gasteiger partial charge in [-0.05, 0) is 58.6 Å². The molecule has 4 nitrogen and oxygen atoms in total. The molecule has 0 bridgehead atoms. The molecule has 3 atom stereocenters. The molecule has 0 heterocycles. The van der Waals surface area contributed by atoms with Crippen LogP contribution in [0.25, 0.3) is 0 Å². The van der Waals surface area contributed by atoms with Crippen molar-refractivity contribution in [1.29, 1.82) is 0 Å². The summed E-state index contributed by atoms with van der Waals surface area (Å²) in [6.45, 7) is 5.71. The van der Waals surface area contributed by atoms with E-state index in [4.69, 9.17) is 27.9 Å². The SMILES string of the molecule is CC(C)(C)[S@](=O)N[C@@H](CCCCCl)[C@@H](CCCCl)C(=O)Oc1ccccc1. The molecule has 0 aliphatic carbocycles. The van der Waals surface area contributed by atoms with Crippen molar-refractivity contribution in [2.45, 2.75) is 63.7 Å². The van der Waals surface area contributed by atoms with Gasteiger partial charge in [0.15, 0.2) is 0 Å². The molecule has 1 N–H and O–H groups in total. The molecule has 0 aliphatic heterocycles. The topological polar surface area (TPSA) is 55.4 Å². The summed E-state index contributed by atoms with van der Waals surface area (Å²) in [5.74, 6) is 0.794. The van der Waals surface area contributed by atoms with Gasteiger partial charge in [-0.1, -0.05) is 24.6 Å². The van der Waals surface area contributed by atoms with E-state index in [9.17, 15) is 9.00 Å². The Morgan fingerprint density at radius 3 is 2.26 bits per heavy atom. The minimum absolute atomic E-state index is 0.257. The first-order valence-electron chi connectivity index (χ1n) is 9.36. The molecule has 0 amide bonds. The number of carbonyl (C=O) groups is 1. The molecule has 27 heavy (non-hydrogen) atoms. The number of ether oxygens (including phenoxy) is 1. The number of benzene rings is 1. The minimum atomic E-state index is -1.29. The second-order valence-electron chi connectivity index (χ2n) is 7.46. The van der Waals surface area contributed by atoms with Crippen LogP contribution < -0.4 is 9.46 Å². The highest BCUT2D eigenvalue weighted by atomic mass is 35.5. The van der Waals surface area contributed by atoms with Gasteiger partial charge in [0, 0.05) is 17.8 Å². The lowest BCUT2D eigenvalue weighted by Gasteiger charge is -2.29. The van der Waals surface area contributed by atoms with Crippen molar-refractivity contribution in [1.82, 2.24) is 4.72 Å². The van der Waals surface area contributed by atoms with Gasteiger partial charge in [-0.2, -0.15) is 0 Å². The van der Waals surface area contributed by atoms with Crippen LogP contribution in [0, 0.1) is 5.92 Å². The molecule has 0 unspecified atom stereocenters. The molecule has 7 heteroatoms. The van der Waals surface area contributed by atoms with E-state index in [2.05, 4.69) is 4.72 Å². The third-order valence-corrected chi connectivity index (χ3v) is 6.28. The molecule has 0 fully saturated rings. The summed E-state index contributed by atoms with van der Waals surface area (Å²) in [7, 11) is -1.29. The normalized spacial score (nSPS) is 15.1. The summed E-state index contributed by atoms with van der Waals surface area (Å²) in [5.41, 5.74) is 0. The number of para-hydroxylation sites is 1. The molecule has 1 aromatic rings. The number of esters is 1. The van der Waals surface area contributed by atoms with E-state index in [1.807, 2.05) is 39.0 Å². The van der Waals surface area contributed by atoms with Gasteiger partial charge in [-0.15, -0.1) is 23.2 Å². The lowest BCUT2D eigenvalue weighted by molar-refractivity contribution is -0.140. The van der Waals surface area contributed by atoms with Crippen molar-refractivity contribution in [3.05, 3.63) is 30.3 Å². The summed E-state index contributed by atoms with van der Waals surface area (Å²) >= 11 is 11.7. The summed E-state index contributed by atoms with van der Waals surface area (Å²) in [6.07, 6.45) is 3.66. The van der Waals surface area contributed by atoms with E-state index >= 15 is 0 Å². The number of halogens is 2. The van der Waals surface area contributed by atoms with Crippen LogP contribution in [0.4, 0.5) is 0 Å². The Morgan fingerprint density at radius 2 is 1.70 bits per heavy atom. The lowest BCUT2D eigenvalue weighted by Crippen LogP contribution is -2.46. The van der Waals surface area contributed by atoms with Gasteiger partial charge in [-0.25, -0.2) is 8.93 Å². The van der Waals surface area contributed by atoms with Gasteiger partial charge >= 0.3 is 5.97 Å². The van der Waals surface area contributed by atoms with E-state index in [1.165, 1.54) is 0 Å². The number of nitrogens with one attached hydrogen (secondary N) is 1. The number of hydrogen-bond donors (Lipinski definition) is 1. The first-order valence-corrected chi connectivity index (χ1v) is 11.6. The number of unbranched alkanes of at least 4 members (excludes halogenated alkanes) is 1. The zero-order valence-corrected chi connectivity index (χ0v) is 18.7. The van der Waals surface area contributed by atoms with Crippen molar-refractivity contribution < 1.29 is 13.7 Å². The third-order valence-electron chi connectivity index (χ3n) is 4.11. The molecule has 1 rings (SSSR count). The van der Waals surface area contributed by atoms with Crippen molar-refractivity contribution in [3.8, 4) is 5.75 Å². The van der Waals surface area contributed by atoms with Crippen LogP contribution >= 0.6 is 23.2 Å². The molecule has 154 valence electrons. The van der Waals surface area contributed by atoms with E-state index in [0.29, 0.717) is 36.8 Å². The minimum Gasteiger partial charge on any atom is -0.426 e. The van der Waals surface area contributed by atoms with Crippen molar-refractivity contribution in [3.63, 3.8) is 0 Å². The molecule has 0 aromatic heterocycles. The Morgan fingerprint density at radius 1 is 1.07 bits per heavy atom. The van der Waals surface area contributed by atoms with E-state index < -0.39 is 21.7 Å². The highest BCUT2D eigenvalue weighted by Crippen LogP contribution is 2.23. The maximum Gasteiger partial charge on any atom is 0.315 e. The Balaban J connectivity index is 2.97. The fraction of sp³-hybridized carbons (Fsp3) is 0.650. The van der Waals surface area contributed by atoms with E-state index in [-0.39, 0.29) is 12.0 Å². The standard InChI is InChI=1S/C20H31Cl2NO3S/c1-20(2,3)27(25)23-18(13-7-8-14-21)17(12-9-15-22)19(24)26-16-10-5-4-6-11-16/h4-6,10-11,17-18,23H,7-9,12-15H2,1-3H3/t17-,18+,27+/m1/s1. The zero-order chi connectivity index (χ0) is 20.3. The molecule has 1 aromatic carbocycles. The van der Waals surface area contributed by atoms with E-state index in [1.54, 1.807) is 12.1 Å². The van der Waals surface area contributed by atoms with Gasteiger partial charge in [0.05, 0.1) is 21.7 Å². The van der Waals surface area contributed by atoms with Crippen LogP contribution in [0.5, 0.6) is 5.75 Å². The maximum atomic E-state index is 12.9. The van der Waals surface area contributed by atoms with Gasteiger partial charge in [0.2, 0.25) is 0 Å². The van der Waals surface area contributed by atoms with E-state index in [0.717, 1.165) is 12.8 Å². The first-order chi connectivity index (χ1) is 12.8. The van der Waals surface area contributed by atoms with Crippen LogP contribution in [-0.4, -0.2) is 32.7 Å². The molecular formula is C20H31Cl2NO3S. The Bertz CT molecular complexity index is 578. The first kappa shape index (κ1) is 24.4. The highest BCUT2D eigenvalue weighted by molar-refractivity contribution is 7.84. The molecule has 0 saturated heterocycles. The summed E-state index contributed by atoms with van der Waals surface area (Å²) in [6, 6.07) is 8.75. The number of alkyl halides is 2. The average Bonchev–Trinajstić information content (AvgIpc) is 2.62. The Kier molecular flexibility index (Phi) is 11.5.